The third kappa shape index (κ3) is 7.78. The number of benzene rings is 4. The molecule has 3 N–H and O–H groups in total. The minimum Gasteiger partial charge on any atom is -0.486 e. The average Bonchev–Trinajstić information content (AvgIpc) is 3.55. The van der Waals surface area contributed by atoms with Crippen molar-refractivity contribution in [2.24, 2.45) is 7.05 Å². The van der Waals surface area contributed by atoms with Crippen LogP contribution in [0, 0.1) is 0 Å². The van der Waals surface area contributed by atoms with E-state index in [0.29, 0.717) is 30.2 Å². The molecule has 1 saturated heterocycles. The molecule has 4 aromatic carbocycles. The first-order chi connectivity index (χ1) is 21.9. The number of urea groups is 1. The number of fused-ring (bicyclic) bond motifs is 1. The molecular formula is C33H29N5O5S2. The van der Waals surface area contributed by atoms with E-state index in [4.69, 9.17) is 14.5 Å². The van der Waals surface area contributed by atoms with Crippen LogP contribution >= 0.6 is 23.7 Å². The van der Waals surface area contributed by atoms with Crippen molar-refractivity contribution < 1.29 is 23.9 Å². The maximum Gasteiger partial charge on any atom is 0.325 e. The Kier molecular flexibility index (Phi) is 9.22. The van der Waals surface area contributed by atoms with Gasteiger partial charge in [-0.3, -0.25) is 19.6 Å². The van der Waals surface area contributed by atoms with Crippen molar-refractivity contribution in [3.05, 3.63) is 114 Å². The molecule has 0 bridgehead atoms. The Morgan fingerprint density at radius 2 is 1.67 bits per heavy atom. The van der Waals surface area contributed by atoms with E-state index in [1.165, 1.54) is 11.9 Å². The van der Waals surface area contributed by atoms with Gasteiger partial charge in [-0.2, -0.15) is 0 Å². The molecule has 1 aromatic heterocycles. The molecule has 2 heterocycles. The lowest BCUT2D eigenvalue weighted by Gasteiger charge is -2.09. The number of aromatic nitrogens is 2. The highest BCUT2D eigenvalue weighted by Gasteiger charge is 2.31. The molecule has 0 radical (unpaired) electrons. The van der Waals surface area contributed by atoms with Gasteiger partial charge in [0.2, 0.25) is 5.91 Å². The summed E-state index contributed by atoms with van der Waals surface area (Å²) in [5.74, 6) is 2.52. The molecule has 45 heavy (non-hydrogen) atoms. The van der Waals surface area contributed by atoms with Crippen LogP contribution in [0.5, 0.6) is 17.2 Å². The molecule has 4 amide bonds. The fraction of sp³-hybridized carbons (Fsp3) is 0.152. The standard InChI is InChI=1S/C33H29N5O5S2/c1-38-28-18-25(43-24-11-14-26(15-12-24)45-37-32(40)34-19-22-5-3-2-4-6-22)13-16-27(28)35-30(38)20-42-23-9-7-21(8-10-23)17-29-31(39)36-33(41)44-29/h2-16,18,29H,17,19-20H2,1H3,(H2,34,37,40)(H,36,39,41). The molecule has 1 aliphatic heterocycles. The first-order valence-electron chi connectivity index (χ1n) is 14.1. The highest BCUT2D eigenvalue weighted by atomic mass is 32.2. The Bertz CT molecular complexity index is 1830. The maximum atomic E-state index is 12.1. The number of carbonyl (C=O) groups is 3. The zero-order valence-corrected chi connectivity index (χ0v) is 25.8. The van der Waals surface area contributed by atoms with Gasteiger partial charge in [-0.15, -0.1) is 0 Å². The molecule has 0 spiro atoms. The number of rotatable bonds is 11. The van der Waals surface area contributed by atoms with Gasteiger partial charge in [-0.1, -0.05) is 54.2 Å². The second-order valence-corrected chi connectivity index (χ2v) is 12.3. The maximum absolute atomic E-state index is 12.1. The number of aryl methyl sites for hydroxylation is 1. The first-order valence-corrected chi connectivity index (χ1v) is 15.8. The molecular weight excluding hydrogens is 611 g/mol. The summed E-state index contributed by atoms with van der Waals surface area (Å²) in [6.45, 7) is 0.728. The number of nitrogens with zero attached hydrogens (tertiary/aromatic N) is 2. The number of hydrogen-bond acceptors (Lipinski definition) is 8. The summed E-state index contributed by atoms with van der Waals surface area (Å²) in [5, 5.41) is 4.45. The molecule has 12 heteroatoms. The monoisotopic (exact) mass is 639 g/mol. The normalized spacial score (nSPS) is 14.3. The second kappa shape index (κ2) is 13.8. The van der Waals surface area contributed by atoms with Crippen molar-refractivity contribution in [3.8, 4) is 17.2 Å². The molecule has 0 saturated carbocycles. The van der Waals surface area contributed by atoms with Crippen LogP contribution in [0.2, 0.25) is 0 Å². The Balaban J connectivity index is 1.00. The number of imide groups is 1. The molecule has 10 nitrogen and oxygen atoms in total. The van der Waals surface area contributed by atoms with Crippen LogP contribution in [0.3, 0.4) is 0 Å². The van der Waals surface area contributed by atoms with Crippen molar-refractivity contribution in [1.82, 2.24) is 24.9 Å². The molecule has 228 valence electrons. The van der Waals surface area contributed by atoms with Gasteiger partial charge in [-0.25, -0.2) is 9.78 Å². The van der Waals surface area contributed by atoms with E-state index in [-0.39, 0.29) is 23.8 Å². The van der Waals surface area contributed by atoms with Crippen molar-refractivity contribution in [3.63, 3.8) is 0 Å². The highest BCUT2D eigenvalue weighted by Crippen LogP contribution is 2.28. The van der Waals surface area contributed by atoms with Crippen LogP contribution in [0.1, 0.15) is 17.0 Å². The Morgan fingerprint density at radius 3 is 2.40 bits per heavy atom. The lowest BCUT2D eigenvalue weighted by molar-refractivity contribution is -0.118. The Labute approximate surface area is 268 Å². The van der Waals surface area contributed by atoms with E-state index in [0.717, 1.165) is 44.6 Å². The third-order valence-corrected chi connectivity index (χ3v) is 8.82. The average molecular weight is 640 g/mol. The minimum atomic E-state index is -0.399. The molecule has 1 unspecified atom stereocenters. The van der Waals surface area contributed by atoms with Gasteiger partial charge >= 0.3 is 6.03 Å². The number of amides is 4. The summed E-state index contributed by atoms with van der Waals surface area (Å²) in [7, 11) is 1.93. The summed E-state index contributed by atoms with van der Waals surface area (Å²) < 4.78 is 16.8. The lowest BCUT2D eigenvalue weighted by Crippen LogP contribution is -2.30. The van der Waals surface area contributed by atoms with Gasteiger partial charge < -0.3 is 19.4 Å². The number of hydrogen-bond donors (Lipinski definition) is 3. The van der Waals surface area contributed by atoms with Crippen LogP contribution in [-0.4, -0.2) is 32.0 Å². The van der Waals surface area contributed by atoms with E-state index in [2.05, 4.69) is 15.4 Å². The molecule has 0 aliphatic carbocycles. The lowest BCUT2D eigenvalue weighted by atomic mass is 10.1. The third-order valence-electron chi connectivity index (χ3n) is 7.04. The summed E-state index contributed by atoms with van der Waals surface area (Å²) in [6, 6.07) is 30.2. The van der Waals surface area contributed by atoms with Gasteiger partial charge in [0.1, 0.15) is 29.7 Å². The van der Waals surface area contributed by atoms with Crippen molar-refractivity contribution in [2.45, 2.75) is 29.7 Å². The summed E-state index contributed by atoms with van der Waals surface area (Å²) in [5.41, 5.74) is 3.71. The summed E-state index contributed by atoms with van der Waals surface area (Å²) in [4.78, 5) is 40.9. The van der Waals surface area contributed by atoms with Gasteiger partial charge in [0.15, 0.2) is 0 Å². The van der Waals surface area contributed by atoms with Crippen molar-refractivity contribution in [1.29, 1.82) is 0 Å². The summed E-state index contributed by atoms with van der Waals surface area (Å²) in [6.07, 6.45) is 0.478. The topological polar surface area (TPSA) is 124 Å². The van der Waals surface area contributed by atoms with Gasteiger partial charge in [0, 0.05) is 24.6 Å². The molecule has 1 atom stereocenters. The zero-order chi connectivity index (χ0) is 31.2. The van der Waals surface area contributed by atoms with Crippen LogP contribution in [0.25, 0.3) is 11.0 Å². The fourth-order valence-corrected chi connectivity index (χ4v) is 6.07. The SMILES string of the molecule is Cn1c(COc2ccc(CC3SC(=O)NC3=O)cc2)nc2ccc(Oc3ccc(SNC(=O)NCc4ccccc4)cc3)cc21. The molecule has 6 rings (SSSR count). The predicted octanol–water partition coefficient (Wildman–Crippen LogP) is 6.35. The number of nitrogens with one attached hydrogen (secondary N) is 3. The van der Waals surface area contributed by atoms with E-state index in [1.807, 2.05) is 109 Å². The van der Waals surface area contributed by atoms with Gasteiger partial charge in [0.05, 0.1) is 16.3 Å². The largest absolute Gasteiger partial charge is 0.486 e. The predicted molar refractivity (Wildman–Crippen MR) is 174 cm³/mol. The quantitative estimate of drug-likeness (QED) is 0.143. The van der Waals surface area contributed by atoms with Crippen molar-refractivity contribution >= 4 is 51.9 Å². The van der Waals surface area contributed by atoms with Crippen molar-refractivity contribution in [2.75, 3.05) is 0 Å². The Morgan fingerprint density at radius 1 is 0.933 bits per heavy atom. The van der Waals surface area contributed by atoms with Gasteiger partial charge in [-0.05, 0) is 78.0 Å². The molecule has 1 fully saturated rings. The van der Waals surface area contributed by atoms with Gasteiger partial charge in [0.25, 0.3) is 5.24 Å². The zero-order valence-electron chi connectivity index (χ0n) is 24.2. The Hall–Kier alpha value is -4.94. The van der Waals surface area contributed by atoms with E-state index >= 15 is 0 Å². The number of ether oxygens (including phenoxy) is 2. The van der Waals surface area contributed by atoms with Crippen LogP contribution < -0.4 is 24.8 Å². The van der Waals surface area contributed by atoms with E-state index < -0.39 is 5.25 Å². The highest BCUT2D eigenvalue weighted by molar-refractivity contribution is 8.15. The van der Waals surface area contributed by atoms with Crippen LogP contribution in [0.15, 0.2) is 102 Å². The number of carbonyl (C=O) groups excluding carboxylic acids is 3. The minimum absolute atomic E-state index is 0.247. The number of thioether (sulfide) groups is 1. The van der Waals surface area contributed by atoms with E-state index in [1.54, 1.807) is 0 Å². The van der Waals surface area contributed by atoms with E-state index in [9.17, 15) is 14.4 Å². The summed E-state index contributed by atoms with van der Waals surface area (Å²) >= 11 is 2.25. The number of imidazole rings is 1. The first kappa shape index (κ1) is 30.1. The molecule has 5 aromatic rings. The fourth-order valence-electron chi connectivity index (χ4n) is 4.65. The smallest absolute Gasteiger partial charge is 0.325 e. The van der Waals surface area contributed by atoms with Crippen LogP contribution in [0.4, 0.5) is 9.59 Å². The molecule has 1 aliphatic rings. The van der Waals surface area contributed by atoms with Crippen LogP contribution in [-0.2, 0) is 31.4 Å². The second-order valence-electron chi connectivity index (χ2n) is 10.2.